The number of para-hydroxylation sites is 1. The molecule has 2 aromatic carbocycles. The van der Waals surface area contributed by atoms with Gasteiger partial charge in [0.15, 0.2) is 11.8 Å². The second-order valence-corrected chi connectivity index (χ2v) is 10.5. The molecule has 1 aliphatic rings. The summed E-state index contributed by atoms with van der Waals surface area (Å²) in [4.78, 5) is 28.7. The minimum absolute atomic E-state index is 0.210. The van der Waals surface area contributed by atoms with Crippen molar-refractivity contribution in [2.75, 3.05) is 11.9 Å². The Balaban J connectivity index is 1.33. The second kappa shape index (κ2) is 12.6. The number of thioether (sulfide) groups is 1. The average molecular weight is 577 g/mol. The number of nitrogens with zero attached hydrogens (tertiary/aromatic N) is 3. The summed E-state index contributed by atoms with van der Waals surface area (Å²) in [6.07, 6.45) is 4.93. The molecule has 5 rings (SSSR count). The Labute approximate surface area is 237 Å². The molecular weight excluding hydrogens is 556 g/mol. The largest absolute Gasteiger partial charge is 0.483 e. The molecule has 0 aliphatic carbocycles. The molecule has 0 bridgehead atoms. The lowest BCUT2D eigenvalue weighted by Crippen LogP contribution is -2.28. The second-order valence-electron chi connectivity index (χ2n) is 8.11. The number of anilines is 1. The molecule has 2 amide bonds. The molecule has 1 fully saturated rings. The third kappa shape index (κ3) is 7.05. The molecule has 3 heterocycles. The van der Waals surface area contributed by atoms with Gasteiger partial charge in [-0.05, 0) is 71.7 Å². The van der Waals surface area contributed by atoms with Crippen LogP contribution in [0.25, 0.3) is 6.08 Å². The zero-order valence-electron chi connectivity index (χ0n) is 20.3. The van der Waals surface area contributed by atoms with Gasteiger partial charge < -0.3 is 14.5 Å². The van der Waals surface area contributed by atoms with Gasteiger partial charge in [-0.25, -0.2) is 0 Å². The van der Waals surface area contributed by atoms with Crippen LogP contribution in [0.5, 0.6) is 5.75 Å². The maximum Gasteiger partial charge on any atom is 0.267 e. The normalized spacial score (nSPS) is 15.5. The van der Waals surface area contributed by atoms with Gasteiger partial charge in [0.05, 0.1) is 23.9 Å². The highest BCUT2D eigenvalue weighted by Crippen LogP contribution is 2.35. The third-order valence-corrected chi connectivity index (χ3v) is 7.40. The third-order valence-electron chi connectivity index (χ3n) is 5.35. The number of furan rings is 1. The Bertz CT molecular complexity index is 1530. The van der Waals surface area contributed by atoms with Gasteiger partial charge in [0.1, 0.15) is 11.5 Å². The van der Waals surface area contributed by atoms with Gasteiger partial charge in [0, 0.05) is 21.2 Å². The lowest BCUT2D eigenvalue weighted by Gasteiger charge is -2.12. The van der Waals surface area contributed by atoms with E-state index in [0.29, 0.717) is 37.9 Å². The molecule has 4 aromatic rings. The molecule has 2 aromatic heterocycles. The van der Waals surface area contributed by atoms with E-state index in [0.717, 1.165) is 4.88 Å². The fourth-order valence-corrected chi connectivity index (χ4v) is 5.16. The van der Waals surface area contributed by atoms with E-state index in [2.05, 4.69) is 15.5 Å². The number of rotatable bonds is 9. The van der Waals surface area contributed by atoms with Crippen molar-refractivity contribution in [3.8, 4) is 5.75 Å². The summed E-state index contributed by atoms with van der Waals surface area (Å²) in [7, 11) is 0. The van der Waals surface area contributed by atoms with E-state index in [1.807, 2.05) is 29.6 Å². The lowest BCUT2D eigenvalue weighted by atomic mass is 10.2. The van der Waals surface area contributed by atoms with E-state index >= 15 is 0 Å². The minimum Gasteiger partial charge on any atom is -0.483 e. The van der Waals surface area contributed by atoms with E-state index in [-0.39, 0.29) is 25.0 Å². The van der Waals surface area contributed by atoms with E-state index in [1.165, 1.54) is 16.7 Å². The van der Waals surface area contributed by atoms with Gasteiger partial charge >= 0.3 is 0 Å². The first-order valence-electron chi connectivity index (χ1n) is 11.7. The van der Waals surface area contributed by atoms with Gasteiger partial charge in [-0.15, -0.1) is 16.4 Å². The minimum atomic E-state index is -0.325. The van der Waals surface area contributed by atoms with E-state index in [4.69, 9.17) is 20.8 Å². The summed E-state index contributed by atoms with van der Waals surface area (Å²) in [6.45, 7) is 0.00517. The Morgan fingerprint density at radius 3 is 2.69 bits per heavy atom. The number of amides is 2. The van der Waals surface area contributed by atoms with Crippen LogP contribution in [0.2, 0.25) is 5.02 Å². The number of thiophene rings is 1. The van der Waals surface area contributed by atoms with E-state index < -0.39 is 0 Å². The monoisotopic (exact) mass is 576 g/mol. The molecule has 0 saturated carbocycles. The van der Waals surface area contributed by atoms with Crippen LogP contribution in [-0.4, -0.2) is 34.7 Å². The summed E-state index contributed by atoms with van der Waals surface area (Å²) in [6, 6.07) is 21.4. The van der Waals surface area contributed by atoms with Crippen molar-refractivity contribution < 1.29 is 18.7 Å². The highest BCUT2D eigenvalue weighted by molar-refractivity contribution is 8.18. The SMILES string of the molecule is O=C(COc1ccccc1/C=C1\S/C(=N\N=C\c2cccs2)N(Cc2ccco2)C1=O)Nc1ccc(Cl)cc1. The van der Waals surface area contributed by atoms with Gasteiger partial charge in [0.25, 0.3) is 11.8 Å². The number of nitrogens with one attached hydrogen (secondary N) is 1. The number of carbonyl (C=O) groups excluding carboxylic acids is 2. The van der Waals surface area contributed by atoms with Crippen molar-refractivity contribution in [2.45, 2.75) is 6.54 Å². The van der Waals surface area contributed by atoms with Gasteiger partial charge in [0.2, 0.25) is 0 Å². The standard InChI is InChI=1S/C28H21ClN4O4S2/c29-20-9-11-21(12-10-20)31-26(34)18-37-24-8-2-1-5-19(24)15-25-27(35)33(17-22-6-3-13-36-22)28(39-25)32-30-16-23-7-4-14-38-23/h1-16H,17-18H2,(H,31,34)/b25-15-,30-16+,32-28-. The van der Waals surface area contributed by atoms with Crippen molar-refractivity contribution in [3.63, 3.8) is 0 Å². The fraction of sp³-hybridized carbons (Fsp3) is 0.0714. The zero-order chi connectivity index (χ0) is 27.0. The van der Waals surface area contributed by atoms with Crippen LogP contribution in [0.1, 0.15) is 16.2 Å². The molecule has 11 heteroatoms. The van der Waals surface area contributed by atoms with E-state index in [1.54, 1.807) is 78.4 Å². The Kier molecular flexibility index (Phi) is 8.57. The lowest BCUT2D eigenvalue weighted by molar-refractivity contribution is -0.122. The van der Waals surface area contributed by atoms with Crippen molar-refractivity contribution in [1.29, 1.82) is 0 Å². The predicted octanol–water partition coefficient (Wildman–Crippen LogP) is 6.52. The first-order chi connectivity index (χ1) is 19.0. The molecule has 39 heavy (non-hydrogen) atoms. The molecular formula is C28H21ClN4O4S2. The number of carbonyl (C=O) groups is 2. The van der Waals surface area contributed by atoms with Gasteiger partial charge in [-0.1, -0.05) is 35.9 Å². The van der Waals surface area contributed by atoms with Crippen LogP contribution < -0.4 is 10.1 Å². The zero-order valence-corrected chi connectivity index (χ0v) is 22.7. The number of benzene rings is 2. The summed E-state index contributed by atoms with van der Waals surface area (Å²) < 4.78 is 11.3. The van der Waals surface area contributed by atoms with Crippen LogP contribution in [-0.2, 0) is 16.1 Å². The van der Waals surface area contributed by atoms with Crippen LogP contribution in [0.15, 0.2) is 104 Å². The summed E-state index contributed by atoms with van der Waals surface area (Å²) in [5, 5.41) is 14.2. The van der Waals surface area contributed by atoms with Crippen molar-refractivity contribution in [3.05, 3.63) is 111 Å². The summed E-state index contributed by atoms with van der Waals surface area (Å²) >= 11 is 8.64. The fourth-order valence-electron chi connectivity index (χ4n) is 3.53. The first-order valence-corrected chi connectivity index (χ1v) is 13.8. The molecule has 1 N–H and O–H groups in total. The van der Waals surface area contributed by atoms with Gasteiger partial charge in [-0.2, -0.15) is 5.10 Å². The molecule has 0 spiro atoms. The Morgan fingerprint density at radius 1 is 1.08 bits per heavy atom. The molecule has 1 saturated heterocycles. The number of hydrogen-bond acceptors (Lipinski definition) is 8. The Morgan fingerprint density at radius 2 is 1.92 bits per heavy atom. The molecule has 1 aliphatic heterocycles. The topological polar surface area (TPSA) is 96.5 Å². The van der Waals surface area contributed by atoms with Crippen molar-refractivity contribution in [1.82, 2.24) is 4.90 Å². The molecule has 0 unspecified atom stereocenters. The number of halogens is 1. The van der Waals surface area contributed by atoms with Crippen molar-refractivity contribution in [2.24, 2.45) is 10.2 Å². The highest BCUT2D eigenvalue weighted by Gasteiger charge is 2.34. The highest BCUT2D eigenvalue weighted by atomic mass is 35.5. The van der Waals surface area contributed by atoms with Crippen LogP contribution in [0.3, 0.4) is 0 Å². The van der Waals surface area contributed by atoms with Crippen LogP contribution >= 0.6 is 34.7 Å². The summed E-state index contributed by atoms with van der Waals surface area (Å²) in [5.74, 6) is 0.518. The predicted molar refractivity (Wildman–Crippen MR) is 156 cm³/mol. The maximum absolute atomic E-state index is 13.4. The van der Waals surface area contributed by atoms with E-state index in [9.17, 15) is 9.59 Å². The quantitative estimate of drug-likeness (QED) is 0.139. The smallest absolute Gasteiger partial charge is 0.267 e. The number of hydrogen-bond donors (Lipinski definition) is 1. The van der Waals surface area contributed by atoms with Gasteiger partial charge in [-0.3, -0.25) is 14.5 Å². The first kappa shape index (κ1) is 26.5. The van der Waals surface area contributed by atoms with Crippen LogP contribution in [0, 0.1) is 0 Å². The summed E-state index contributed by atoms with van der Waals surface area (Å²) in [5.41, 5.74) is 1.26. The molecule has 0 radical (unpaired) electrons. The molecule has 8 nitrogen and oxygen atoms in total. The average Bonchev–Trinajstić information content (AvgIpc) is 3.70. The van der Waals surface area contributed by atoms with Crippen molar-refractivity contribution >= 4 is 69.7 Å². The van der Waals surface area contributed by atoms with Crippen LogP contribution in [0.4, 0.5) is 5.69 Å². The number of ether oxygens (including phenoxy) is 1. The maximum atomic E-state index is 13.4. The molecule has 0 atom stereocenters. The Hall–Kier alpha value is -4.12. The number of amidine groups is 1. The molecule has 196 valence electrons.